The van der Waals surface area contributed by atoms with Gasteiger partial charge in [-0.15, -0.1) is 0 Å². The molecule has 29 heavy (non-hydrogen) atoms. The minimum absolute atomic E-state index is 0.0339. The first-order valence-corrected chi connectivity index (χ1v) is 10.1. The Labute approximate surface area is 167 Å². The SMILES string of the molecule is CCc1cc(=O)oc2cc(OC(=O)CCN3C(=O)[C@H]4CCCC[C@H]4C3=O)ccc12. The number of hydrogen-bond acceptors (Lipinski definition) is 6. The van der Waals surface area contributed by atoms with Crippen molar-refractivity contribution in [1.82, 2.24) is 4.90 Å². The Bertz CT molecular complexity index is 1020. The maximum absolute atomic E-state index is 12.5. The van der Waals surface area contributed by atoms with Gasteiger partial charge in [-0.3, -0.25) is 19.3 Å². The van der Waals surface area contributed by atoms with Crippen LogP contribution < -0.4 is 10.4 Å². The van der Waals surface area contributed by atoms with Crippen LogP contribution in [-0.2, 0) is 20.8 Å². The van der Waals surface area contributed by atoms with Gasteiger partial charge in [0.25, 0.3) is 0 Å². The molecule has 1 saturated heterocycles. The average molecular weight is 397 g/mol. The fourth-order valence-corrected chi connectivity index (χ4v) is 4.40. The van der Waals surface area contributed by atoms with Crippen LogP contribution in [0.15, 0.2) is 33.5 Å². The van der Waals surface area contributed by atoms with E-state index in [1.807, 2.05) is 6.92 Å². The summed E-state index contributed by atoms with van der Waals surface area (Å²) >= 11 is 0. The van der Waals surface area contributed by atoms with E-state index in [1.54, 1.807) is 12.1 Å². The number of carbonyl (C=O) groups excluding carboxylic acids is 3. The van der Waals surface area contributed by atoms with Gasteiger partial charge >= 0.3 is 11.6 Å². The van der Waals surface area contributed by atoms with Gasteiger partial charge in [0.1, 0.15) is 11.3 Å². The van der Waals surface area contributed by atoms with E-state index in [0.29, 0.717) is 12.0 Å². The molecule has 2 heterocycles. The molecule has 0 radical (unpaired) electrons. The van der Waals surface area contributed by atoms with Crippen LogP contribution in [0.1, 0.15) is 44.6 Å². The molecule has 0 bridgehead atoms. The quantitative estimate of drug-likeness (QED) is 0.333. The first-order chi connectivity index (χ1) is 14.0. The number of ether oxygens (including phenoxy) is 1. The molecule has 1 aliphatic carbocycles. The molecule has 1 aliphatic heterocycles. The Morgan fingerprint density at radius 3 is 2.45 bits per heavy atom. The molecule has 7 heteroatoms. The fourth-order valence-electron chi connectivity index (χ4n) is 4.40. The third-order valence-electron chi connectivity index (χ3n) is 5.89. The third-order valence-corrected chi connectivity index (χ3v) is 5.89. The topological polar surface area (TPSA) is 93.9 Å². The predicted molar refractivity (Wildman–Crippen MR) is 104 cm³/mol. The molecule has 2 aromatic rings. The summed E-state index contributed by atoms with van der Waals surface area (Å²) in [6, 6.07) is 6.35. The number of carbonyl (C=O) groups is 3. The van der Waals surface area contributed by atoms with E-state index in [9.17, 15) is 19.2 Å². The van der Waals surface area contributed by atoms with Gasteiger partial charge in [0.05, 0.1) is 18.3 Å². The summed E-state index contributed by atoms with van der Waals surface area (Å²) in [5.41, 5.74) is 0.764. The summed E-state index contributed by atoms with van der Waals surface area (Å²) in [5.74, 6) is -1.05. The normalized spacial score (nSPS) is 21.5. The van der Waals surface area contributed by atoms with Crippen molar-refractivity contribution in [1.29, 1.82) is 0 Å². The van der Waals surface area contributed by atoms with E-state index in [4.69, 9.17) is 9.15 Å². The van der Waals surface area contributed by atoms with Crippen LogP contribution in [0.5, 0.6) is 5.75 Å². The molecule has 0 spiro atoms. The second kappa shape index (κ2) is 7.81. The summed E-state index contributed by atoms with van der Waals surface area (Å²) in [7, 11) is 0. The number of esters is 1. The highest BCUT2D eigenvalue weighted by molar-refractivity contribution is 6.05. The number of amides is 2. The smallest absolute Gasteiger partial charge is 0.336 e. The van der Waals surface area contributed by atoms with Crippen molar-refractivity contribution in [2.45, 2.75) is 45.4 Å². The lowest BCUT2D eigenvalue weighted by atomic mass is 9.81. The molecule has 1 aromatic carbocycles. The Morgan fingerprint density at radius 1 is 1.10 bits per heavy atom. The Kier molecular flexibility index (Phi) is 5.22. The second-order valence-electron chi connectivity index (χ2n) is 7.65. The zero-order valence-electron chi connectivity index (χ0n) is 16.3. The summed E-state index contributed by atoms with van der Waals surface area (Å²) < 4.78 is 10.5. The summed E-state index contributed by atoms with van der Waals surface area (Å²) in [4.78, 5) is 50.1. The number of fused-ring (bicyclic) bond motifs is 2. The molecule has 0 N–H and O–H groups in total. The number of aryl methyl sites for hydroxylation is 1. The highest BCUT2D eigenvalue weighted by Crippen LogP contribution is 2.38. The van der Waals surface area contributed by atoms with Crippen LogP contribution in [0, 0.1) is 11.8 Å². The van der Waals surface area contributed by atoms with Crippen molar-refractivity contribution in [2.24, 2.45) is 11.8 Å². The van der Waals surface area contributed by atoms with Crippen LogP contribution in [-0.4, -0.2) is 29.2 Å². The fraction of sp³-hybridized carbons (Fsp3) is 0.455. The molecule has 2 atom stereocenters. The van der Waals surface area contributed by atoms with Gasteiger partial charge in [-0.05, 0) is 37.0 Å². The van der Waals surface area contributed by atoms with Crippen LogP contribution in [0.4, 0.5) is 0 Å². The van der Waals surface area contributed by atoms with Crippen molar-refractivity contribution < 1.29 is 23.5 Å². The monoisotopic (exact) mass is 397 g/mol. The van der Waals surface area contributed by atoms with E-state index < -0.39 is 11.6 Å². The van der Waals surface area contributed by atoms with Gasteiger partial charge in [0.2, 0.25) is 11.8 Å². The van der Waals surface area contributed by atoms with E-state index in [0.717, 1.165) is 36.6 Å². The number of nitrogens with zero attached hydrogens (tertiary/aromatic N) is 1. The standard InChI is InChI=1S/C22H23NO6/c1-2-13-11-20(25)29-18-12-14(7-8-15(13)18)28-19(24)9-10-23-21(26)16-5-3-4-6-17(16)22(23)27/h7-8,11-12,16-17H,2-6,9-10H2,1H3/t16-,17+. The molecular weight excluding hydrogens is 374 g/mol. The summed E-state index contributed by atoms with van der Waals surface area (Å²) in [5, 5.41) is 0.794. The molecule has 2 amide bonds. The van der Waals surface area contributed by atoms with Gasteiger partial charge < -0.3 is 9.15 Å². The molecule has 152 valence electrons. The Balaban J connectivity index is 1.42. The summed E-state index contributed by atoms with van der Waals surface area (Å²) in [6.45, 7) is 1.98. The Hall–Kier alpha value is -2.96. The zero-order valence-corrected chi connectivity index (χ0v) is 16.3. The highest BCUT2D eigenvalue weighted by atomic mass is 16.5. The van der Waals surface area contributed by atoms with Crippen LogP contribution in [0.3, 0.4) is 0 Å². The predicted octanol–water partition coefficient (Wildman–Crippen LogP) is 2.83. The van der Waals surface area contributed by atoms with Gasteiger partial charge in [0, 0.05) is 24.1 Å². The number of likely N-dealkylation sites (tertiary alicyclic amines) is 1. The minimum Gasteiger partial charge on any atom is -0.426 e. The lowest BCUT2D eigenvalue weighted by Crippen LogP contribution is -2.33. The van der Waals surface area contributed by atoms with Crippen molar-refractivity contribution >= 4 is 28.8 Å². The minimum atomic E-state index is -0.547. The van der Waals surface area contributed by atoms with Crippen molar-refractivity contribution in [3.8, 4) is 5.75 Å². The number of rotatable bonds is 5. The average Bonchev–Trinajstić information content (AvgIpc) is 2.96. The van der Waals surface area contributed by atoms with E-state index in [-0.39, 0.29) is 42.4 Å². The van der Waals surface area contributed by atoms with E-state index in [1.165, 1.54) is 17.0 Å². The number of hydrogen-bond donors (Lipinski definition) is 0. The molecule has 2 fully saturated rings. The van der Waals surface area contributed by atoms with Crippen LogP contribution >= 0.6 is 0 Å². The molecule has 1 saturated carbocycles. The third kappa shape index (κ3) is 3.69. The number of benzene rings is 1. The molecule has 0 unspecified atom stereocenters. The van der Waals surface area contributed by atoms with E-state index >= 15 is 0 Å². The van der Waals surface area contributed by atoms with Crippen LogP contribution in [0.2, 0.25) is 0 Å². The molecule has 1 aromatic heterocycles. The van der Waals surface area contributed by atoms with Crippen molar-refractivity contribution in [2.75, 3.05) is 6.54 Å². The molecular formula is C22H23NO6. The second-order valence-corrected chi connectivity index (χ2v) is 7.65. The zero-order chi connectivity index (χ0) is 20.5. The maximum atomic E-state index is 12.5. The van der Waals surface area contributed by atoms with Crippen LogP contribution in [0.25, 0.3) is 11.0 Å². The van der Waals surface area contributed by atoms with Gasteiger partial charge in [0.15, 0.2) is 0 Å². The molecule has 2 aliphatic rings. The highest BCUT2D eigenvalue weighted by Gasteiger charge is 2.47. The number of imide groups is 1. The maximum Gasteiger partial charge on any atom is 0.336 e. The van der Waals surface area contributed by atoms with Gasteiger partial charge in [-0.1, -0.05) is 19.8 Å². The van der Waals surface area contributed by atoms with Crippen molar-refractivity contribution in [3.05, 3.63) is 40.2 Å². The summed E-state index contributed by atoms with van der Waals surface area (Å²) in [6.07, 6.45) is 4.04. The lowest BCUT2D eigenvalue weighted by molar-refractivity contribution is -0.141. The lowest BCUT2D eigenvalue weighted by Gasteiger charge is -2.19. The van der Waals surface area contributed by atoms with Gasteiger partial charge in [-0.2, -0.15) is 0 Å². The largest absolute Gasteiger partial charge is 0.426 e. The van der Waals surface area contributed by atoms with Crippen molar-refractivity contribution in [3.63, 3.8) is 0 Å². The van der Waals surface area contributed by atoms with Gasteiger partial charge in [-0.25, -0.2) is 4.79 Å². The Morgan fingerprint density at radius 2 is 1.79 bits per heavy atom. The molecule has 7 nitrogen and oxygen atoms in total. The molecule has 4 rings (SSSR count). The first-order valence-electron chi connectivity index (χ1n) is 10.1. The first kappa shape index (κ1) is 19.4. The van der Waals surface area contributed by atoms with E-state index in [2.05, 4.69) is 0 Å².